The first-order valence-corrected chi connectivity index (χ1v) is 8.21. The maximum atomic E-state index is 12.7. The number of hydrogen-bond donors (Lipinski definition) is 2. The molecule has 0 amide bonds. The highest BCUT2D eigenvalue weighted by atomic mass is 32.2. The number of anilines is 1. The van der Waals surface area contributed by atoms with Crippen LogP contribution >= 0.6 is 0 Å². The van der Waals surface area contributed by atoms with Gasteiger partial charge in [0.15, 0.2) is 0 Å². The number of sulfonamides is 1. The van der Waals surface area contributed by atoms with Gasteiger partial charge in [-0.25, -0.2) is 13.1 Å². The van der Waals surface area contributed by atoms with Gasteiger partial charge < -0.3 is 10.5 Å². The topological polar surface area (TPSA) is 81.4 Å². The first kappa shape index (κ1) is 15.3. The predicted octanol–water partition coefficient (Wildman–Crippen LogP) is 1.73. The van der Waals surface area contributed by atoms with Crippen molar-refractivity contribution in [1.82, 2.24) is 4.72 Å². The number of ether oxygens (including phenoxy) is 1. The van der Waals surface area contributed by atoms with Crippen molar-refractivity contribution in [3.8, 4) is 0 Å². The Morgan fingerprint density at radius 1 is 1.20 bits per heavy atom. The van der Waals surface area contributed by atoms with Gasteiger partial charge in [-0.2, -0.15) is 0 Å². The molecule has 0 spiro atoms. The molecule has 0 atom stereocenters. The normalized spacial score (nSPS) is 18.9. The van der Waals surface area contributed by atoms with Gasteiger partial charge in [-0.15, -0.1) is 0 Å². The second-order valence-corrected chi connectivity index (χ2v) is 7.34. The fraction of sp³-hybridized carbons (Fsp3) is 0.571. The van der Waals surface area contributed by atoms with E-state index in [0.717, 1.165) is 5.56 Å². The molecule has 1 fully saturated rings. The molecule has 0 unspecified atom stereocenters. The first-order valence-electron chi connectivity index (χ1n) is 6.73. The van der Waals surface area contributed by atoms with E-state index in [2.05, 4.69) is 4.72 Å². The molecule has 1 aromatic carbocycles. The van der Waals surface area contributed by atoms with E-state index in [1.165, 1.54) is 0 Å². The van der Waals surface area contributed by atoms with Crippen LogP contribution in [0.25, 0.3) is 0 Å². The second kappa shape index (κ2) is 5.35. The van der Waals surface area contributed by atoms with E-state index >= 15 is 0 Å². The summed E-state index contributed by atoms with van der Waals surface area (Å²) >= 11 is 0. The molecule has 1 aliphatic heterocycles. The quantitative estimate of drug-likeness (QED) is 0.833. The average Bonchev–Trinajstić information content (AvgIpc) is 2.33. The van der Waals surface area contributed by atoms with Gasteiger partial charge in [0.1, 0.15) is 4.90 Å². The Bertz CT molecular complexity index is 605. The number of rotatable bonds is 3. The molecular weight excluding hydrogens is 276 g/mol. The molecule has 6 heteroatoms. The van der Waals surface area contributed by atoms with Gasteiger partial charge in [0.2, 0.25) is 10.0 Å². The standard InChI is InChI=1S/C14H22N2O3S/c1-10-4-5-11(2)13(12(10)15)20(17,18)16-14(3)6-8-19-9-7-14/h4-5,16H,6-9,15H2,1-3H3. The Morgan fingerprint density at radius 3 is 2.35 bits per heavy atom. The van der Waals surface area contributed by atoms with Crippen molar-refractivity contribution in [2.24, 2.45) is 0 Å². The van der Waals surface area contributed by atoms with Gasteiger partial charge in [-0.1, -0.05) is 12.1 Å². The Kier molecular flexibility index (Phi) is 4.09. The van der Waals surface area contributed by atoms with Crippen LogP contribution in [0.2, 0.25) is 0 Å². The molecular formula is C14H22N2O3S. The van der Waals surface area contributed by atoms with Crippen LogP contribution in [0.3, 0.4) is 0 Å². The van der Waals surface area contributed by atoms with Crippen LogP contribution in [-0.2, 0) is 14.8 Å². The Hall–Kier alpha value is -1.11. The molecule has 1 heterocycles. The van der Waals surface area contributed by atoms with Crippen LogP contribution in [0.1, 0.15) is 30.9 Å². The summed E-state index contributed by atoms with van der Waals surface area (Å²) in [5.41, 5.74) is 7.26. The molecule has 1 saturated heterocycles. The molecule has 0 radical (unpaired) electrons. The maximum absolute atomic E-state index is 12.7. The van der Waals surface area contributed by atoms with Crippen LogP contribution in [0.4, 0.5) is 5.69 Å². The summed E-state index contributed by atoms with van der Waals surface area (Å²) in [5.74, 6) is 0. The zero-order chi connectivity index (χ0) is 15.0. The minimum absolute atomic E-state index is 0.199. The summed E-state index contributed by atoms with van der Waals surface area (Å²) in [6.45, 7) is 6.62. The number of benzene rings is 1. The lowest BCUT2D eigenvalue weighted by Gasteiger charge is -2.34. The maximum Gasteiger partial charge on any atom is 0.243 e. The second-order valence-electron chi connectivity index (χ2n) is 5.72. The smallest absolute Gasteiger partial charge is 0.243 e. The highest BCUT2D eigenvalue weighted by molar-refractivity contribution is 7.89. The van der Waals surface area contributed by atoms with E-state index < -0.39 is 15.6 Å². The summed E-state index contributed by atoms with van der Waals surface area (Å²) in [6.07, 6.45) is 1.33. The van der Waals surface area contributed by atoms with Crippen molar-refractivity contribution in [2.45, 2.75) is 44.0 Å². The average molecular weight is 298 g/mol. The SMILES string of the molecule is Cc1ccc(C)c(S(=O)(=O)NC2(C)CCOCC2)c1N. The van der Waals surface area contributed by atoms with Crippen LogP contribution < -0.4 is 10.5 Å². The van der Waals surface area contributed by atoms with E-state index in [4.69, 9.17) is 10.5 Å². The predicted molar refractivity (Wildman–Crippen MR) is 79.1 cm³/mol. The molecule has 2 rings (SSSR count). The molecule has 5 nitrogen and oxygen atoms in total. The lowest BCUT2D eigenvalue weighted by atomic mass is 9.94. The van der Waals surface area contributed by atoms with Crippen molar-refractivity contribution in [1.29, 1.82) is 0 Å². The van der Waals surface area contributed by atoms with Crippen LogP contribution in [0.15, 0.2) is 17.0 Å². The minimum Gasteiger partial charge on any atom is -0.397 e. The third-order valence-corrected chi connectivity index (χ3v) is 5.70. The highest BCUT2D eigenvalue weighted by Crippen LogP contribution is 2.29. The largest absolute Gasteiger partial charge is 0.397 e. The number of aryl methyl sites for hydroxylation is 2. The van der Waals surface area contributed by atoms with Crippen molar-refractivity contribution in [3.05, 3.63) is 23.3 Å². The van der Waals surface area contributed by atoms with Crippen molar-refractivity contribution < 1.29 is 13.2 Å². The summed E-state index contributed by atoms with van der Waals surface area (Å²) in [6, 6.07) is 3.62. The molecule has 0 aromatic heterocycles. The van der Waals surface area contributed by atoms with E-state index in [1.54, 1.807) is 13.0 Å². The summed E-state index contributed by atoms with van der Waals surface area (Å²) in [7, 11) is -3.63. The van der Waals surface area contributed by atoms with Crippen LogP contribution in [-0.4, -0.2) is 27.2 Å². The fourth-order valence-electron chi connectivity index (χ4n) is 2.46. The zero-order valence-corrected chi connectivity index (χ0v) is 13.0. The molecule has 20 heavy (non-hydrogen) atoms. The van der Waals surface area contributed by atoms with Gasteiger partial charge in [0, 0.05) is 18.8 Å². The molecule has 1 aliphatic rings. The van der Waals surface area contributed by atoms with Crippen LogP contribution in [0, 0.1) is 13.8 Å². The van der Waals surface area contributed by atoms with E-state index in [9.17, 15) is 8.42 Å². The third-order valence-electron chi connectivity index (χ3n) is 3.86. The van der Waals surface area contributed by atoms with E-state index in [0.29, 0.717) is 37.3 Å². The summed E-state index contributed by atoms with van der Waals surface area (Å²) in [4.78, 5) is 0.199. The molecule has 0 bridgehead atoms. The minimum atomic E-state index is -3.63. The zero-order valence-electron chi connectivity index (χ0n) is 12.2. The van der Waals surface area contributed by atoms with Crippen LogP contribution in [0.5, 0.6) is 0 Å². The molecule has 0 aliphatic carbocycles. The Balaban J connectivity index is 2.38. The fourth-order valence-corrected chi connectivity index (χ4v) is 4.36. The number of hydrogen-bond acceptors (Lipinski definition) is 4. The van der Waals surface area contributed by atoms with Gasteiger partial charge >= 0.3 is 0 Å². The first-order chi connectivity index (χ1) is 9.25. The van der Waals surface area contributed by atoms with Gasteiger partial charge in [-0.3, -0.25) is 0 Å². The molecule has 3 N–H and O–H groups in total. The Labute approximate surface area is 120 Å². The van der Waals surface area contributed by atoms with E-state index in [-0.39, 0.29) is 4.90 Å². The number of nitrogen functional groups attached to an aromatic ring is 1. The third kappa shape index (κ3) is 2.97. The molecule has 112 valence electrons. The molecule has 1 aromatic rings. The number of nitrogens with two attached hydrogens (primary N) is 1. The Morgan fingerprint density at radius 2 is 1.75 bits per heavy atom. The van der Waals surface area contributed by atoms with Gasteiger partial charge in [0.05, 0.1) is 5.69 Å². The monoisotopic (exact) mass is 298 g/mol. The lowest BCUT2D eigenvalue weighted by Crippen LogP contribution is -2.49. The summed E-state index contributed by atoms with van der Waals surface area (Å²) in [5, 5.41) is 0. The van der Waals surface area contributed by atoms with Crippen molar-refractivity contribution >= 4 is 15.7 Å². The van der Waals surface area contributed by atoms with Crippen molar-refractivity contribution in [2.75, 3.05) is 18.9 Å². The lowest BCUT2D eigenvalue weighted by molar-refractivity contribution is 0.0537. The van der Waals surface area contributed by atoms with E-state index in [1.807, 2.05) is 19.9 Å². The summed E-state index contributed by atoms with van der Waals surface area (Å²) < 4.78 is 33.4. The van der Waals surface area contributed by atoms with Gasteiger partial charge in [-0.05, 0) is 44.7 Å². The van der Waals surface area contributed by atoms with Crippen molar-refractivity contribution in [3.63, 3.8) is 0 Å². The number of nitrogens with one attached hydrogen (secondary N) is 1. The highest BCUT2D eigenvalue weighted by Gasteiger charge is 2.34. The van der Waals surface area contributed by atoms with Gasteiger partial charge in [0.25, 0.3) is 0 Å². The molecule has 0 saturated carbocycles.